The van der Waals surface area contributed by atoms with Crippen LogP contribution in [0.2, 0.25) is 0 Å². The van der Waals surface area contributed by atoms with E-state index in [0.29, 0.717) is 0 Å². The molecule has 3 rings (SSSR count). The van der Waals surface area contributed by atoms with E-state index in [1.54, 1.807) is 0 Å². The highest BCUT2D eigenvalue weighted by Crippen LogP contribution is 2.25. The Hall–Kier alpha value is -1.55. The van der Waals surface area contributed by atoms with Gasteiger partial charge >= 0.3 is 0 Å². The molecule has 2 aromatic rings. The maximum absolute atomic E-state index is 5.76. The summed E-state index contributed by atoms with van der Waals surface area (Å²) >= 11 is 0. The predicted molar refractivity (Wildman–Crippen MR) is 69.6 cm³/mol. The van der Waals surface area contributed by atoms with Crippen molar-refractivity contribution >= 4 is 16.7 Å². The lowest BCUT2D eigenvalue weighted by atomic mass is 9.92. The molecule has 90 valence electrons. The molecular weight excluding hydrogens is 212 g/mol. The minimum atomic E-state index is 0.744. The molecule has 1 heterocycles. The van der Waals surface area contributed by atoms with Crippen LogP contribution in [-0.2, 0) is 6.54 Å². The number of imidazole rings is 1. The maximum atomic E-state index is 5.76. The lowest BCUT2D eigenvalue weighted by molar-refractivity contribution is 0.150. The molecule has 1 aromatic carbocycles. The number of nitrogens with two attached hydrogens (primary N) is 1. The number of fused-ring (bicyclic) bond motifs is 1. The van der Waals surface area contributed by atoms with Crippen LogP contribution in [-0.4, -0.2) is 28.0 Å². The molecule has 3 N–H and O–H groups in total. The lowest BCUT2D eigenvalue weighted by Crippen LogP contribution is -2.36. The first-order valence-electron chi connectivity index (χ1n) is 6.17. The number of nitrogen functional groups attached to an aromatic ring is 1. The van der Waals surface area contributed by atoms with Crippen LogP contribution in [0.15, 0.2) is 18.2 Å². The van der Waals surface area contributed by atoms with Crippen LogP contribution in [0.4, 0.5) is 5.69 Å². The normalized spacial score (nSPS) is 16.6. The molecule has 0 spiro atoms. The van der Waals surface area contributed by atoms with E-state index in [1.165, 1.54) is 19.3 Å². The average Bonchev–Trinajstić information content (AvgIpc) is 2.55. The molecule has 0 amide bonds. The second kappa shape index (κ2) is 4.04. The van der Waals surface area contributed by atoms with Crippen molar-refractivity contribution < 1.29 is 0 Å². The van der Waals surface area contributed by atoms with Gasteiger partial charge in [0.2, 0.25) is 0 Å². The molecule has 0 radical (unpaired) electrons. The van der Waals surface area contributed by atoms with Crippen molar-refractivity contribution in [3.8, 4) is 0 Å². The van der Waals surface area contributed by atoms with Crippen LogP contribution in [0.5, 0.6) is 0 Å². The average molecular weight is 230 g/mol. The fourth-order valence-corrected chi connectivity index (χ4v) is 2.35. The zero-order valence-electron chi connectivity index (χ0n) is 10.1. The Morgan fingerprint density at radius 1 is 1.47 bits per heavy atom. The summed E-state index contributed by atoms with van der Waals surface area (Å²) in [5.41, 5.74) is 8.56. The minimum Gasteiger partial charge on any atom is -0.399 e. The molecular formula is C13H18N4. The molecule has 1 aromatic heterocycles. The van der Waals surface area contributed by atoms with Gasteiger partial charge in [-0.2, -0.15) is 0 Å². The van der Waals surface area contributed by atoms with Crippen molar-refractivity contribution in [1.82, 2.24) is 14.9 Å². The van der Waals surface area contributed by atoms with Gasteiger partial charge in [0, 0.05) is 11.7 Å². The smallest absolute Gasteiger partial charge is 0.121 e. The highest BCUT2D eigenvalue weighted by atomic mass is 15.2. The molecule has 0 bridgehead atoms. The fourth-order valence-electron chi connectivity index (χ4n) is 2.35. The fraction of sp³-hybridized carbons (Fsp3) is 0.462. The number of rotatable bonds is 3. The van der Waals surface area contributed by atoms with Crippen LogP contribution in [0.25, 0.3) is 11.0 Å². The zero-order chi connectivity index (χ0) is 11.8. The van der Waals surface area contributed by atoms with E-state index in [4.69, 9.17) is 5.73 Å². The Bertz CT molecular complexity index is 527. The van der Waals surface area contributed by atoms with E-state index < -0.39 is 0 Å². The monoisotopic (exact) mass is 230 g/mol. The Morgan fingerprint density at radius 3 is 3.00 bits per heavy atom. The third kappa shape index (κ3) is 2.00. The van der Waals surface area contributed by atoms with Crippen molar-refractivity contribution in [2.75, 3.05) is 12.8 Å². The van der Waals surface area contributed by atoms with Gasteiger partial charge in [-0.3, -0.25) is 4.90 Å². The van der Waals surface area contributed by atoms with E-state index in [0.717, 1.165) is 35.1 Å². The van der Waals surface area contributed by atoms with Crippen molar-refractivity contribution in [1.29, 1.82) is 0 Å². The number of aromatic nitrogens is 2. The van der Waals surface area contributed by atoms with E-state index >= 15 is 0 Å². The van der Waals surface area contributed by atoms with Crippen LogP contribution < -0.4 is 5.73 Å². The topological polar surface area (TPSA) is 57.9 Å². The van der Waals surface area contributed by atoms with Gasteiger partial charge in [0.1, 0.15) is 5.82 Å². The second-order valence-electron chi connectivity index (χ2n) is 4.96. The summed E-state index contributed by atoms with van der Waals surface area (Å²) in [6.07, 6.45) is 4.01. The molecule has 1 aliphatic rings. The number of hydrogen-bond acceptors (Lipinski definition) is 3. The summed E-state index contributed by atoms with van der Waals surface area (Å²) in [4.78, 5) is 10.3. The van der Waals surface area contributed by atoms with Gasteiger partial charge < -0.3 is 10.7 Å². The summed E-state index contributed by atoms with van der Waals surface area (Å²) in [5, 5.41) is 0. The van der Waals surface area contributed by atoms with Crippen molar-refractivity contribution in [2.24, 2.45) is 0 Å². The molecule has 4 heteroatoms. The van der Waals surface area contributed by atoms with Gasteiger partial charge in [-0.25, -0.2) is 4.98 Å². The van der Waals surface area contributed by atoms with E-state index in [-0.39, 0.29) is 0 Å². The van der Waals surface area contributed by atoms with E-state index in [2.05, 4.69) is 21.9 Å². The molecule has 1 aliphatic carbocycles. The number of nitrogens with zero attached hydrogens (tertiary/aromatic N) is 2. The second-order valence-corrected chi connectivity index (χ2v) is 4.96. The minimum absolute atomic E-state index is 0.744. The summed E-state index contributed by atoms with van der Waals surface area (Å²) in [6, 6.07) is 6.54. The number of nitrogens with one attached hydrogen (secondary N) is 1. The van der Waals surface area contributed by atoms with Crippen molar-refractivity contribution in [3.63, 3.8) is 0 Å². The first kappa shape index (κ1) is 10.6. The van der Waals surface area contributed by atoms with E-state index in [1.807, 2.05) is 18.2 Å². The summed E-state index contributed by atoms with van der Waals surface area (Å²) < 4.78 is 0. The Labute approximate surface area is 101 Å². The Kier molecular flexibility index (Phi) is 2.52. The summed E-state index contributed by atoms with van der Waals surface area (Å²) in [6.45, 7) is 0.888. The summed E-state index contributed by atoms with van der Waals surface area (Å²) in [5.74, 6) is 1.03. The first-order chi connectivity index (χ1) is 8.22. The Balaban J connectivity index is 1.80. The summed E-state index contributed by atoms with van der Waals surface area (Å²) in [7, 11) is 2.17. The molecule has 0 saturated heterocycles. The van der Waals surface area contributed by atoms with Crippen LogP contribution in [0.1, 0.15) is 25.1 Å². The lowest BCUT2D eigenvalue weighted by Gasteiger charge is -2.34. The van der Waals surface area contributed by atoms with Gasteiger partial charge in [-0.1, -0.05) is 6.42 Å². The quantitative estimate of drug-likeness (QED) is 0.794. The molecule has 0 aliphatic heterocycles. The SMILES string of the molecule is CN(Cc1nc2ccc(N)cc2[nH]1)C1CCC1. The highest BCUT2D eigenvalue weighted by Gasteiger charge is 2.22. The molecule has 1 saturated carbocycles. The predicted octanol–water partition coefficient (Wildman–Crippen LogP) is 2.13. The largest absolute Gasteiger partial charge is 0.399 e. The number of H-pyrrole nitrogens is 1. The Morgan fingerprint density at radius 2 is 2.29 bits per heavy atom. The zero-order valence-corrected chi connectivity index (χ0v) is 10.1. The van der Waals surface area contributed by atoms with Gasteiger partial charge in [0.05, 0.1) is 17.6 Å². The molecule has 1 fully saturated rings. The van der Waals surface area contributed by atoms with Crippen LogP contribution >= 0.6 is 0 Å². The van der Waals surface area contributed by atoms with Crippen LogP contribution in [0, 0.1) is 0 Å². The van der Waals surface area contributed by atoms with Gasteiger partial charge in [-0.05, 0) is 38.1 Å². The standard InChI is InChI=1S/C13H18N4/c1-17(10-3-2-4-10)8-13-15-11-6-5-9(14)7-12(11)16-13/h5-7,10H,2-4,8,14H2,1H3,(H,15,16). The van der Waals surface area contributed by atoms with Gasteiger partial charge in [0.25, 0.3) is 0 Å². The maximum Gasteiger partial charge on any atom is 0.121 e. The third-order valence-electron chi connectivity index (χ3n) is 3.65. The number of anilines is 1. The van der Waals surface area contributed by atoms with Gasteiger partial charge in [-0.15, -0.1) is 0 Å². The highest BCUT2D eigenvalue weighted by molar-refractivity contribution is 5.78. The van der Waals surface area contributed by atoms with E-state index in [9.17, 15) is 0 Å². The number of benzene rings is 1. The number of hydrogen-bond donors (Lipinski definition) is 2. The van der Waals surface area contributed by atoms with Crippen LogP contribution in [0.3, 0.4) is 0 Å². The molecule has 4 nitrogen and oxygen atoms in total. The first-order valence-corrected chi connectivity index (χ1v) is 6.17. The third-order valence-corrected chi connectivity index (χ3v) is 3.65. The molecule has 0 unspecified atom stereocenters. The number of aromatic amines is 1. The molecule has 17 heavy (non-hydrogen) atoms. The van der Waals surface area contributed by atoms with Crippen molar-refractivity contribution in [2.45, 2.75) is 31.8 Å². The van der Waals surface area contributed by atoms with Crippen molar-refractivity contribution in [3.05, 3.63) is 24.0 Å². The van der Waals surface area contributed by atoms with Gasteiger partial charge in [0.15, 0.2) is 0 Å². The molecule has 0 atom stereocenters.